The molecule has 3 heteroatoms. The van der Waals surface area contributed by atoms with E-state index in [4.69, 9.17) is 9.47 Å². The molecule has 1 aliphatic rings. The summed E-state index contributed by atoms with van der Waals surface area (Å²) in [6.45, 7) is 4.29. The van der Waals surface area contributed by atoms with Crippen LogP contribution >= 0.6 is 0 Å². The van der Waals surface area contributed by atoms with Gasteiger partial charge in [0, 0.05) is 0 Å². The number of ether oxygens (including phenoxy) is 2. The van der Waals surface area contributed by atoms with Crippen LogP contribution in [0, 0.1) is 0 Å². The van der Waals surface area contributed by atoms with Gasteiger partial charge in [-0.2, -0.15) is 0 Å². The Hall–Kier alpha value is -0.120. The van der Waals surface area contributed by atoms with Crippen molar-refractivity contribution >= 4 is 0 Å². The average Bonchev–Trinajstić information content (AvgIpc) is 2.49. The minimum atomic E-state index is -0.449. The van der Waals surface area contributed by atoms with E-state index in [9.17, 15) is 5.11 Å². The van der Waals surface area contributed by atoms with E-state index >= 15 is 0 Å². The average molecular weight is 159 g/mol. The van der Waals surface area contributed by atoms with Crippen molar-refractivity contribution in [3.8, 4) is 0 Å². The summed E-state index contributed by atoms with van der Waals surface area (Å²) in [7, 11) is 0. The summed E-state index contributed by atoms with van der Waals surface area (Å²) in [5, 5.41) is 10.4. The molecule has 0 saturated carbocycles. The molecule has 0 unspecified atom stereocenters. The molecule has 1 radical (unpaired) electrons. The van der Waals surface area contributed by atoms with Gasteiger partial charge in [0.05, 0.1) is 6.61 Å². The largest absolute Gasteiger partial charge is 0.347 e. The molecule has 3 nitrogen and oxygen atoms in total. The predicted octanol–water partition coefficient (Wildman–Crippen LogP) is 1.35. The molecular formula is C8H15O3. The summed E-state index contributed by atoms with van der Waals surface area (Å²) in [6, 6.07) is 0. The Morgan fingerprint density at radius 2 is 2.09 bits per heavy atom. The van der Waals surface area contributed by atoms with Gasteiger partial charge in [-0.3, -0.25) is 0 Å². The smallest absolute Gasteiger partial charge is 0.168 e. The van der Waals surface area contributed by atoms with E-state index in [1.807, 2.05) is 13.8 Å². The highest BCUT2D eigenvalue weighted by molar-refractivity contribution is 4.75. The topological polar surface area (TPSA) is 38.4 Å². The molecule has 0 aromatic heterocycles. The van der Waals surface area contributed by atoms with Crippen molar-refractivity contribution in [2.45, 2.75) is 38.6 Å². The summed E-state index contributed by atoms with van der Waals surface area (Å²) in [5.74, 6) is -0.449. The molecule has 1 heterocycles. The van der Waals surface area contributed by atoms with E-state index in [2.05, 4.69) is 0 Å². The van der Waals surface area contributed by atoms with E-state index in [0.717, 1.165) is 12.8 Å². The lowest BCUT2D eigenvalue weighted by atomic mass is 10.1. The van der Waals surface area contributed by atoms with Gasteiger partial charge in [0.1, 0.15) is 12.7 Å². The molecule has 0 aromatic carbocycles. The molecule has 0 N–H and O–H groups in total. The van der Waals surface area contributed by atoms with Crippen molar-refractivity contribution in [2.75, 3.05) is 13.2 Å². The van der Waals surface area contributed by atoms with Crippen molar-refractivity contribution in [3.05, 3.63) is 0 Å². The minimum absolute atomic E-state index is 0.193. The summed E-state index contributed by atoms with van der Waals surface area (Å²) < 4.78 is 10.9. The second-order valence-electron chi connectivity index (χ2n) is 2.84. The first-order chi connectivity index (χ1) is 5.26. The van der Waals surface area contributed by atoms with Gasteiger partial charge in [0.2, 0.25) is 0 Å². The fourth-order valence-corrected chi connectivity index (χ4v) is 1.32. The van der Waals surface area contributed by atoms with Gasteiger partial charge in [0.25, 0.3) is 0 Å². The minimum Gasteiger partial charge on any atom is -0.347 e. The zero-order valence-corrected chi connectivity index (χ0v) is 7.13. The molecule has 65 valence electrons. The van der Waals surface area contributed by atoms with Crippen LogP contribution in [-0.4, -0.2) is 25.1 Å². The van der Waals surface area contributed by atoms with E-state index in [1.165, 1.54) is 0 Å². The van der Waals surface area contributed by atoms with Crippen molar-refractivity contribution < 1.29 is 14.6 Å². The van der Waals surface area contributed by atoms with Gasteiger partial charge in [-0.1, -0.05) is 13.8 Å². The maximum absolute atomic E-state index is 10.4. The lowest BCUT2D eigenvalue weighted by Gasteiger charge is -2.24. The molecule has 11 heavy (non-hydrogen) atoms. The second kappa shape index (κ2) is 3.52. The van der Waals surface area contributed by atoms with Crippen molar-refractivity contribution in [3.63, 3.8) is 0 Å². The molecule has 1 saturated heterocycles. The Morgan fingerprint density at radius 3 is 2.36 bits per heavy atom. The van der Waals surface area contributed by atoms with Crippen LogP contribution in [0.2, 0.25) is 0 Å². The maximum atomic E-state index is 10.4. The Morgan fingerprint density at radius 1 is 1.45 bits per heavy atom. The molecule has 1 atom stereocenters. The molecular weight excluding hydrogens is 144 g/mol. The second-order valence-corrected chi connectivity index (χ2v) is 2.84. The molecule has 0 amide bonds. The van der Waals surface area contributed by atoms with Gasteiger partial charge in [0.15, 0.2) is 5.79 Å². The Kier molecular flexibility index (Phi) is 2.87. The third kappa shape index (κ3) is 1.72. The van der Waals surface area contributed by atoms with Gasteiger partial charge < -0.3 is 9.47 Å². The number of rotatable bonds is 3. The third-order valence-electron chi connectivity index (χ3n) is 2.18. The van der Waals surface area contributed by atoms with Gasteiger partial charge in [-0.25, -0.2) is 5.11 Å². The number of hydrogen-bond donors (Lipinski definition) is 0. The van der Waals surface area contributed by atoms with Crippen LogP contribution in [0.15, 0.2) is 0 Å². The molecule has 1 rings (SSSR count). The van der Waals surface area contributed by atoms with Crippen molar-refractivity contribution in [2.24, 2.45) is 0 Å². The SMILES string of the molecule is CCC1(CC)OC[C@H](C[O])O1. The Labute approximate surface area is 67.3 Å². The molecule has 0 aromatic rings. The zero-order valence-electron chi connectivity index (χ0n) is 7.13. The Balaban J connectivity index is 2.48. The monoisotopic (exact) mass is 159 g/mol. The highest BCUT2D eigenvalue weighted by atomic mass is 16.7. The Bertz CT molecular complexity index is 121. The predicted molar refractivity (Wildman–Crippen MR) is 39.7 cm³/mol. The lowest BCUT2D eigenvalue weighted by Crippen LogP contribution is -2.29. The van der Waals surface area contributed by atoms with Crippen LogP contribution in [0.1, 0.15) is 26.7 Å². The van der Waals surface area contributed by atoms with Crippen LogP contribution in [0.3, 0.4) is 0 Å². The van der Waals surface area contributed by atoms with Gasteiger partial charge in [-0.05, 0) is 12.8 Å². The molecule has 1 aliphatic heterocycles. The molecule has 0 aliphatic carbocycles. The van der Waals surface area contributed by atoms with Crippen LogP contribution in [0.4, 0.5) is 0 Å². The third-order valence-corrected chi connectivity index (χ3v) is 2.18. The van der Waals surface area contributed by atoms with E-state index in [0.29, 0.717) is 6.61 Å². The fourth-order valence-electron chi connectivity index (χ4n) is 1.32. The highest BCUT2D eigenvalue weighted by Crippen LogP contribution is 2.29. The molecule has 1 fully saturated rings. The summed E-state index contributed by atoms with van der Waals surface area (Å²) >= 11 is 0. The fraction of sp³-hybridized carbons (Fsp3) is 1.00. The summed E-state index contributed by atoms with van der Waals surface area (Å²) in [4.78, 5) is 0. The first kappa shape index (κ1) is 8.97. The first-order valence-electron chi connectivity index (χ1n) is 4.16. The van der Waals surface area contributed by atoms with Gasteiger partial charge >= 0.3 is 0 Å². The molecule has 0 bridgehead atoms. The van der Waals surface area contributed by atoms with E-state index in [1.54, 1.807) is 0 Å². The quantitative estimate of drug-likeness (QED) is 0.623. The molecule has 0 spiro atoms. The lowest BCUT2D eigenvalue weighted by molar-refractivity contribution is -0.176. The van der Waals surface area contributed by atoms with Crippen LogP contribution in [-0.2, 0) is 14.6 Å². The van der Waals surface area contributed by atoms with Crippen LogP contribution in [0.5, 0.6) is 0 Å². The summed E-state index contributed by atoms with van der Waals surface area (Å²) in [5.41, 5.74) is 0. The first-order valence-corrected chi connectivity index (χ1v) is 4.16. The number of hydrogen-bond acceptors (Lipinski definition) is 2. The van der Waals surface area contributed by atoms with Crippen molar-refractivity contribution in [1.29, 1.82) is 0 Å². The standard InChI is InChI=1S/C8H15O3/c1-3-8(4-2)10-6-7(5-9)11-8/h7H,3-6H2,1-2H3/t7-/m0/s1. The van der Waals surface area contributed by atoms with Crippen LogP contribution < -0.4 is 0 Å². The highest BCUT2D eigenvalue weighted by Gasteiger charge is 2.38. The van der Waals surface area contributed by atoms with Gasteiger partial charge in [-0.15, -0.1) is 0 Å². The van der Waals surface area contributed by atoms with E-state index < -0.39 is 5.79 Å². The normalized spacial score (nSPS) is 29.2. The van der Waals surface area contributed by atoms with Crippen molar-refractivity contribution in [1.82, 2.24) is 0 Å². The zero-order chi connectivity index (χ0) is 8.32. The maximum Gasteiger partial charge on any atom is 0.168 e. The van der Waals surface area contributed by atoms with E-state index in [-0.39, 0.29) is 12.7 Å². The summed E-state index contributed by atoms with van der Waals surface area (Å²) in [6.07, 6.45) is 1.41. The van der Waals surface area contributed by atoms with Crippen LogP contribution in [0.25, 0.3) is 0 Å².